The molecule has 0 amide bonds. The van der Waals surface area contributed by atoms with Crippen LogP contribution in [0.4, 0.5) is 8.78 Å². The molecule has 2 saturated heterocycles. The van der Waals surface area contributed by atoms with E-state index in [4.69, 9.17) is 10.5 Å². The Morgan fingerprint density at radius 2 is 1.91 bits per heavy atom. The van der Waals surface area contributed by atoms with Gasteiger partial charge in [-0.2, -0.15) is 9.19 Å². The van der Waals surface area contributed by atoms with Crippen LogP contribution in [0.25, 0.3) is 0 Å². The van der Waals surface area contributed by atoms with E-state index in [1.807, 2.05) is 0 Å². The van der Waals surface area contributed by atoms with E-state index in [2.05, 4.69) is 28.7 Å². The summed E-state index contributed by atoms with van der Waals surface area (Å²) in [4.78, 5) is 4.46. The summed E-state index contributed by atoms with van der Waals surface area (Å²) in [6, 6.07) is 3.21. The number of rotatable bonds is 5. The summed E-state index contributed by atoms with van der Waals surface area (Å²) in [6.07, 6.45) is 2.72. The van der Waals surface area contributed by atoms with Crippen molar-refractivity contribution in [3.8, 4) is 0 Å². The molecule has 4 heterocycles. The molecule has 5 rings (SSSR count). The molecule has 8 nitrogen and oxygen atoms in total. The Morgan fingerprint density at radius 1 is 1.17 bits per heavy atom. The number of ether oxygens (including phenoxy) is 1. The Hall–Kier alpha value is -1.92. The highest BCUT2D eigenvalue weighted by molar-refractivity contribution is 7.90. The molecule has 0 aliphatic carbocycles. The van der Waals surface area contributed by atoms with Gasteiger partial charge in [-0.3, -0.25) is 4.90 Å². The van der Waals surface area contributed by atoms with Crippen molar-refractivity contribution in [2.24, 2.45) is 5.73 Å². The normalized spacial score (nSPS) is 27.0. The minimum Gasteiger partial charge on any atom is -0.370 e. The lowest BCUT2D eigenvalue weighted by atomic mass is 9.93. The van der Waals surface area contributed by atoms with E-state index in [0.29, 0.717) is 45.0 Å². The minimum atomic E-state index is -3.54. The van der Waals surface area contributed by atoms with Gasteiger partial charge in [-0.1, -0.05) is 0 Å². The molecule has 0 saturated carbocycles. The fourth-order valence-electron chi connectivity index (χ4n) is 5.54. The number of aromatic nitrogens is 2. The van der Waals surface area contributed by atoms with E-state index < -0.39 is 39.1 Å². The number of piperidine rings is 1. The topological polar surface area (TPSA) is 93.7 Å². The second-order valence-corrected chi connectivity index (χ2v) is 12.3. The predicted molar refractivity (Wildman–Crippen MR) is 127 cm³/mol. The van der Waals surface area contributed by atoms with Gasteiger partial charge in [0.05, 0.1) is 17.6 Å². The number of halogens is 2. The van der Waals surface area contributed by atoms with Crippen LogP contribution in [0.3, 0.4) is 0 Å². The second kappa shape index (κ2) is 9.51. The monoisotopic (exact) mass is 509 g/mol. The maximum absolute atomic E-state index is 14.2. The van der Waals surface area contributed by atoms with Crippen molar-refractivity contribution in [3.05, 3.63) is 52.9 Å². The highest BCUT2D eigenvalue weighted by Gasteiger charge is 2.39. The van der Waals surface area contributed by atoms with E-state index in [-0.39, 0.29) is 11.6 Å². The predicted octanol–water partition coefficient (Wildman–Crippen LogP) is 2.39. The third kappa shape index (κ3) is 4.76. The van der Waals surface area contributed by atoms with Gasteiger partial charge >= 0.3 is 0 Å². The number of nitrogens with two attached hydrogens (primary N) is 1. The average molecular weight is 510 g/mol. The molecule has 192 valence electrons. The van der Waals surface area contributed by atoms with Crippen LogP contribution in [-0.4, -0.2) is 70.5 Å². The number of nitrogens with zero attached hydrogens (tertiary/aromatic N) is 4. The maximum Gasteiger partial charge on any atom is 0.256 e. The van der Waals surface area contributed by atoms with Crippen LogP contribution in [0.5, 0.6) is 0 Å². The number of fused-ring (bicyclic) bond motifs is 1. The van der Waals surface area contributed by atoms with Crippen LogP contribution in [0, 0.1) is 11.6 Å². The van der Waals surface area contributed by atoms with Gasteiger partial charge in [0.25, 0.3) is 10.0 Å². The van der Waals surface area contributed by atoms with Gasteiger partial charge in [0.2, 0.25) is 0 Å². The second-order valence-electron chi connectivity index (χ2n) is 10.2. The van der Waals surface area contributed by atoms with Crippen LogP contribution >= 0.6 is 0 Å². The molecular formula is C24H33F2N5O3S. The molecular weight excluding hydrogens is 476 g/mol. The van der Waals surface area contributed by atoms with Crippen LogP contribution in [0.15, 0.2) is 24.4 Å². The summed E-state index contributed by atoms with van der Waals surface area (Å²) < 4.78 is 61.3. The van der Waals surface area contributed by atoms with Gasteiger partial charge in [-0.05, 0) is 64.4 Å². The number of likely N-dealkylation sites (tertiary alicyclic amines) is 1. The fraction of sp³-hybridized carbons (Fsp3) is 0.625. The third-order valence-corrected chi connectivity index (χ3v) is 9.68. The lowest BCUT2D eigenvalue weighted by Crippen LogP contribution is -2.48. The lowest BCUT2D eigenvalue weighted by Gasteiger charge is -2.38. The highest BCUT2D eigenvalue weighted by Crippen LogP contribution is 2.34. The van der Waals surface area contributed by atoms with E-state index in [1.54, 1.807) is 6.20 Å². The number of hydrogen-bond donors (Lipinski definition) is 1. The molecule has 3 atom stereocenters. The van der Waals surface area contributed by atoms with Crippen molar-refractivity contribution >= 4 is 10.0 Å². The van der Waals surface area contributed by atoms with Gasteiger partial charge in [0.15, 0.2) is 0 Å². The molecule has 1 aromatic heterocycles. The van der Waals surface area contributed by atoms with Crippen LogP contribution < -0.4 is 5.73 Å². The van der Waals surface area contributed by atoms with E-state index in [1.165, 1.54) is 4.09 Å². The third-order valence-electron chi connectivity index (χ3n) is 7.65. The van der Waals surface area contributed by atoms with E-state index in [0.717, 1.165) is 42.5 Å². The highest BCUT2D eigenvalue weighted by atomic mass is 32.2. The molecule has 1 unspecified atom stereocenters. The van der Waals surface area contributed by atoms with Crippen molar-refractivity contribution in [2.45, 2.75) is 75.7 Å². The Bertz CT molecular complexity index is 1160. The number of benzene rings is 1. The molecule has 11 heteroatoms. The molecule has 1 aromatic carbocycles. The van der Waals surface area contributed by atoms with Crippen molar-refractivity contribution in [1.82, 2.24) is 19.0 Å². The summed E-state index contributed by atoms with van der Waals surface area (Å²) in [5.41, 5.74) is 8.10. The Kier molecular flexibility index (Phi) is 6.73. The molecule has 2 N–H and O–H groups in total. The summed E-state index contributed by atoms with van der Waals surface area (Å²) in [7, 11) is -3.54. The first kappa shape index (κ1) is 24.8. The standard InChI is InChI=1S/C24H33F2N5O3S/c1-15(2)29-7-5-19(6-8-29)35(32,33)31-12-16-11-30(13-23(16)28-31)18-10-22(27)24(34-14-18)20-9-17(25)3-4-21(20)26/h3-4,9,12,15,18-19,22,24H,5-8,10-11,13-14,27H2,1-2H3/t18?,22-,24+/m0/s1. The first-order valence-electron chi connectivity index (χ1n) is 12.3. The quantitative estimate of drug-likeness (QED) is 0.662. The molecule has 35 heavy (non-hydrogen) atoms. The molecule has 2 aromatic rings. The van der Waals surface area contributed by atoms with Gasteiger partial charge in [0, 0.05) is 48.5 Å². The van der Waals surface area contributed by atoms with Gasteiger partial charge in [-0.15, -0.1) is 0 Å². The van der Waals surface area contributed by atoms with Crippen molar-refractivity contribution in [3.63, 3.8) is 0 Å². The zero-order valence-corrected chi connectivity index (χ0v) is 20.9. The van der Waals surface area contributed by atoms with Crippen molar-refractivity contribution < 1.29 is 21.9 Å². The minimum absolute atomic E-state index is 0.0162. The first-order chi connectivity index (χ1) is 16.6. The molecule has 3 aliphatic heterocycles. The zero-order chi connectivity index (χ0) is 24.9. The Labute approximate surface area is 205 Å². The molecule has 2 fully saturated rings. The van der Waals surface area contributed by atoms with Crippen LogP contribution in [-0.2, 0) is 27.8 Å². The first-order valence-corrected chi connectivity index (χ1v) is 13.8. The van der Waals surface area contributed by atoms with Crippen LogP contribution in [0.1, 0.15) is 56.0 Å². The van der Waals surface area contributed by atoms with Crippen molar-refractivity contribution in [1.29, 1.82) is 0 Å². The number of hydrogen-bond acceptors (Lipinski definition) is 7. The van der Waals surface area contributed by atoms with E-state index in [9.17, 15) is 17.2 Å². The van der Waals surface area contributed by atoms with Gasteiger partial charge < -0.3 is 15.4 Å². The van der Waals surface area contributed by atoms with Gasteiger partial charge in [0.1, 0.15) is 17.7 Å². The Balaban J connectivity index is 1.21. The largest absolute Gasteiger partial charge is 0.370 e. The SMILES string of the molecule is CC(C)N1CCC(S(=O)(=O)n2cc3c(n2)CN(C2CO[C@H](c4cc(F)ccc4F)[C@@H](N)C2)C3)CC1. The molecule has 0 radical (unpaired) electrons. The zero-order valence-electron chi connectivity index (χ0n) is 20.1. The lowest BCUT2D eigenvalue weighted by molar-refractivity contribution is -0.0533. The molecule has 0 spiro atoms. The smallest absolute Gasteiger partial charge is 0.256 e. The summed E-state index contributed by atoms with van der Waals surface area (Å²) in [5, 5.41) is 4.03. The summed E-state index contributed by atoms with van der Waals surface area (Å²) in [6.45, 7) is 7.19. The van der Waals surface area contributed by atoms with Gasteiger partial charge in [-0.25, -0.2) is 17.2 Å². The summed E-state index contributed by atoms with van der Waals surface area (Å²) >= 11 is 0. The maximum atomic E-state index is 14.2. The van der Waals surface area contributed by atoms with Crippen molar-refractivity contribution in [2.75, 3.05) is 19.7 Å². The summed E-state index contributed by atoms with van der Waals surface area (Å²) in [5.74, 6) is -1.06. The molecule has 3 aliphatic rings. The fourth-order valence-corrected chi connectivity index (χ4v) is 7.13. The van der Waals surface area contributed by atoms with E-state index >= 15 is 0 Å². The average Bonchev–Trinajstić information content (AvgIpc) is 3.41. The van der Waals surface area contributed by atoms with Crippen LogP contribution in [0.2, 0.25) is 0 Å². The molecule has 0 bridgehead atoms. The Morgan fingerprint density at radius 3 is 2.57 bits per heavy atom.